The lowest BCUT2D eigenvalue weighted by Crippen LogP contribution is -2.61. The van der Waals surface area contributed by atoms with Gasteiger partial charge in [-0.3, -0.25) is 19.2 Å². The summed E-state index contributed by atoms with van der Waals surface area (Å²) in [6, 6.07) is 0. The summed E-state index contributed by atoms with van der Waals surface area (Å²) in [6.45, 7) is 22.0. The Kier molecular flexibility index (Phi) is 12.4. The predicted octanol–water partition coefficient (Wildman–Crippen LogP) is 8.42. The molecule has 5 aliphatic carbocycles. The highest BCUT2D eigenvalue weighted by Gasteiger charge is 2.65. The largest absolute Gasteiger partial charge is 0.459 e. The van der Waals surface area contributed by atoms with Crippen molar-refractivity contribution in [2.45, 2.75) is 214 Å². The molecule has 9 unspecified atom stereocenters. The molecule has 0 aromatic carbocycles. The first-order chi connectivity index (χ1) is 25.0. The maximum absolute atomic E-state index is 12.4. The second kappa shape index (κ2) is 15.6. The van der Waals surface area contributed by atoms with E-state index in [1.54, 1.807) is 0 Å². The highest BCUT2D eigenvalue weighted by Crippen LogP contribution is 2.59. The average molecular weight is 761 g/mol. The van der Waals surface area contributed by atoms with Crippen LogP contribution in [0.15, 0.2) is 0 Å². The van der Waals surface area contributed by atoms with Gasteiger partial charge in [-0.15, -0.1) is 0 Å². The fourth-order valence-electron chi connectivity index (χ4n) is 10.1. The summed E-state index contributed by atoms with van der Waals surface area (Å²) < 4.78 is 28.4. The lowest BCUT2D eigenvalue weighted by atomic mass is 9.52. The highest BCUT2D eigenvalue weighted by atomic mass is 16.7. The first kappa shape index (κ1) is 42.9. The van der Waals surface area contributed by atoms with Crippen LogP contribution in [0.5, 0.6) is 0 Å². The Hall–Kier alpha value is -2.20. The van der Waals surface area contributed by atoms with E-state index in [1.807, 2.05) is 62.3 Å². The van der Waals surface area contributed by atoms with Gasteiger partial charge in [-0.05, 0) is 143 Å². The first-order valence-electron chi connectivity index (χ1n) is 21.3. The van der Waals surface area contributed by atoms with E-state index in [2.05, 4.69) is 13.8 Å². The number of hydrogen-bond donors (Lipinski definition) is 1. The first-order valence-corrected chi connectivity index (χ1v) is 21.3. The molecule has 8 aliphatic rings. The molecular weight excluding hydrogens is 688 g/mol. The third kappa shape index (κ3) is 8.84. The molecule has 3 saturated heterocycles. The van der Waals surface area contributed by atoms with Gasteiger partial charge >= 0.3 is 23.9 Å². The minimum atomic E-state index is -0.555. The van der Waals surface area contributed by atoms with Crippen molar-refractivity contribution < 1.29 is 48.0 Å². The Bertz CT molecular complexity index is 1390. The molecule has 10 heteroatoms. The standard InChI is InChI=1S/C16H26O3.C15H28O2.C13H18O5/c1-4-14(2,3)13(17)19-16-8-11-5-12(9-16)7-15(18,6-11)10-16;1-6-14(4,5)13(16)17-15(7-2)10-8-9-12(3)11-15;1-4-13(2,3)12(15)18-9-7-5-6-8(16-7)10(9)17-11(6)14/h11-12,18H,4-10H2,1-3H3;12H,6-11H2,1-5H3;6-10H,4-5H2,1-3H3. The smallest absolute Gasteiger partial charge is 0.312 e. The van der Waals surface area contributed by atoms with Crippen molar-refractivity contribution in [1.82, 2.24) is 0 Å². The van der Waals surface area contributed by atoms with E-state index >= 15 is 0 Å². The molecule has 8 rings (SSSR count). The molecule has 0 aromatic rings. The number of ether oxygens (including phenoxy) is 5. The topological polar surface area (TPSA) is 135 Å². The molecule has 0 amide bonds. The Morgan fingerprint density at radius 1 is 0.778 bits per heavy atom. The van der Waals surface area contributed by atoms with Gasteiger partial charge in [0, 0.05) is 6.42 Å². The minimum absolute atomic E-state index is 0.0176. The summed E-state index contributed by atoms with van der Waals surface area (Å²) >= 11 is 0. The van der Waals surface area contributed by atoms with Crippen LogP contribution in [0.2, 0.25) is 0 Å². The molecule has 10 nitrogen and oxygen atoms in total. The molecule has 8 fully saturated rings. The molecule has 1 N–H and O–H groups in total. The van der Waals surface area contributed by atoms with E-state index in [9.17, 15) is 24.3 Å². The fraction of sp³-hybridized carbons (Fsp3) is 0.909. The van der Waals surface area contributed by atoms with Gasteiger partial charge in [-0.2, -0.15) is 0 Å². The number of esters is 4. The van der Waals surface area contributed by atoms with Crippen LogP contribution in [0.25, 0.3) is 0 Å². The van der Waals surface area contributed by atoms with Gasteiger partial charge in [0.25, 0.3) is 0 Å². The Labute approximate surface area is 324 Å². The average Bonchev–Trinajstić information content (AvgIpc) is 3.73. The molecule has 9 atom stereocenters. The van der Waals surface area contributed by atoms with Crippen LogP contribution < -0.4 is 0 Å². The molecule has 3 aliphatic heterocycles. The Morgan fingerprint density at radius 3 is 1.85 bits per heavy atom. The number of carbonyl (C=O) groups excluding carboxylic acids is 4. The zero-order valence-electron chi connectivity index (χ0n) is 35.3. The summed E-state index contributed by atoms with van der Waals surface area (Å²) in [6.07, 6.45) is 12.9. The van der Waals surface area contributed by atoms with E-state index in [4.69, 9.17) is 23.7 Å². The van der Waals surface area contributed by atoms with Crippen molar-refractivity contribution >= 4 is 23.9 Å². The SMILES string of the molecule is CCC(C)(C)C(=O)OC12CC3CC(CC(O)(C3)C1)C2.CCC(C)(C)C(=O)OC1C2CC3C(=O)OC1C3O2.CCC1(OC(=O)C(C)(C)CC)CCCC(C)C1. The van der Waals surface area contributed by atoms with Gasteiger partial charge in [-0.25, -0.2) is 0 Å². The molecule has 5 saturated carbocycles. The van der Waals surface area contributed by atoms with Crippen molar-refractivity contribution in [3.8, 4) is 0 Å². The summed E-state index contributed by atoms with van der Waals surface area (Å²) in [5.41, 5.74) is -2.36. The van der Waals surface area contributed by atoms with Gasteiger partial charge in [0.2, 0.25) is 0 Å². The van der Waals surface area contributed by atoms with Crippen LogP contribution in [-0.2, 0) is 42.9 Å². The molecule has 3 heterocycles. The number of fused-ring (bicyclic) bond motifs is 1. The predicted molar refractivity (Wildman–Crippen MR) is 204 cm³/mol. The van der Waals surface area contributed by atoms with Gasteiger partial charge in [-0.1, -0.05) is 41.0 Å². The van der Waals surface area contributed by atoms with Crippen LogP contribution in [0.1, 0.15) is 172 Å². The lowest BCUT2D eigenvalue weighted by Gasteiger charge is -2.59. The molecule has 6 bridgehead atoms. The number of carbonyl (C=O) groups is 4. The molecule has 0 aromatic heterocycles. The summed E-state index contributed by atoms with van der Waals surface area (Å²) in [5, 5.41) is 10.6. The second-order valence-electron chi connectivity index (χ2n) is 20.4. The van der Waals surface area contributed by atoms with Crippen molar-refractivity contribution in [2.24, 2.45) is 39.9 Å². The zero-order valence-corrected chi connectivity index (χ0v) is 35.3. The number of hydrogen-bond acceptors (Lipinski definition) is 10. The van der Waals surface area contributed by atoms with Gasteiger partial charge in [0.15, 0.2) is 12.2 Å². The van der Waals surface area contributed by atoms with Crippen LogP contribution in [0, 0.1) is 39.9 Å². The Morgan fingerprint density at radius 2 is 1.33 bits per heavy atom. The van der Waals surface area contributed by atoms with E-state index in [-0.39, 0.29) is 58.6 Å². The normalized spacial score (nSPS) is 38.8. The lowest BCUT2D eigenvalue weighted by molar-refractivity contribution is -0.225. The molecule has 308 valence electrons. The highest BCUT2D eigenvalue weighted by molar-refractivity contribution is 5.79. The molecule has 0 radical (unpaired) electrons. The van der Waals surface area contributed by atoms with E-state index < -0.39 is 28.6 Å². The van der Waals surface area contributed by atoms with Crippen molar-refractivity contribution in [3.05, 3.63) is 0 Å². The monoisotopic (exact) mass is 761 g/mol. The minimum Gasteiger partial charge on any atom is -0.459 e. The summed E-state index contributed by atoms with van der Waals surface area (Å²) in [7, 11) is 0. The van der Waals surface area contributed by atoms with Crippen LogP contribution in [0.4, 0.5) is 0 Å². The van der Waals surface area contributed by atoms with Crippen molar-refractivity contribution in [3.63, 3.8) is 0 Å². The molecule has 54 heavy (non-hydrogen) atoms. The maximum Gasteiger partial charge on any atom is 0.312 e. The van der Waals surface area contributed by atoms with Gasteiger partial charge in [0.05, 0.1) is 33.9 Å². The van der Waals surface area contributed by atoms with Crippen LogP contribution in [0.3, 0.4) is 0 Å². The second-order valence-corrected chi connectivity index (χ2v) is 20.4. The quantitative estimate of drug-likeness (QED) is 0.171. The molecule has 0 spiro atoms. The molecular formula is C44H72O10. The van der Waals surface area contributed by atoms with Crippen molar-refractivity contribution in [2.75, 3.05) is 0 Å². The van der Waals surface area contributed by atoms with E-state index in [0.29, 0.717) is 37.0 Å². The Balaban J connectivity index is 0.000000156. The maximum atomic E-state index is 12.4. The van der Waals surface area contributed by atoms with Crippen LogP contribution in [-0.4, -0.2) is 70.2 Å². The summed E-state index contributed by atoms with van der Waals surface area (Å²) in [5.74, 6) is 1.10. The van der Waals surface area contributed by atoms with E-state index in [1.165, 1.54) is 19.3 Å². The number of aliphatic hydroxyl groups is 1. The fourth-order valence-corrected chi connectivity index (χ4v) is 10.1. The number of rotatable bonds is 10. The third-order valence-corrected chi connectivity index (χ3v) is 14.6. The van der Waals surface area contributed by atoms with Crippen molar-refractivity contribution in [1.29, 1.82) is 0 Å². The van der Waals surface area contributed by atoms with Crippen LogP contribution >= 0.6 is 0 Å². The van der Waals surface area contributed by atoms with E-state index in [0.717, 1.165) is 57.8 Å². The zero-order chi connectivity index (χ0) is 40.1. The van der Waals surface area contributed by atoms with Gasteiger partial charge in [0.1, 0.15) is 17.3 Å². The summed E-state index contributed by atoms with van der Waals surface area (Å²) in [4.78, 5) is 48.2. The third-order valence-electron chi connectivity index (χ3n) is 14.6. The van der Waals surface area contributed by atoms with Gasteiger partial charge < -0.3 is 28.8 Å².